The highest BCUT2D eigenvalue weighted by Gasteiger charge is 2.52. The third-order valence-corrected chi connectivity index (χ3v) is 4.25. The Bertz CT molecular complexity index is 579. The number of nitrogens with two attached hydrogens (primary N) is 2. The topological polar surface area (TPSA) is 70.5 Å². The van der Waals surface area contributed by atoms with Crippen molar-refractivity contribution < 1.29 is 18.1 Å². The first-order valence-electron chi connectivity index (χ1n) is 7.08. The van der Waals surface area contributed by atoms with E-state index in [9.17, 15) is 8.78 Å². The highest BCUT2D eigenvalue weighted by Crippen LogP contribution is 2.38. The molecule has 1 saturated heterocycles. The molecule has 1 fully saturated rings. The predicted octanol–water partition coefficient (Wildman–Crippen LogP) is 2.52. The van der Waals surface area contributed by atoms with Gasteiger partial charge in [-0.15, -0.1) is 0 Å². The average molecular weight is 310 g/mol. The summed E-state index contributed by atoms with van der Waals surface area (Å²) in [6.07, 6.45) is 1.46. The molecule has 1 aromatic rings. The highest BCUT2D eigenvalue weighted by atomic mass is 19.1. The number of rotatable bonds is 3. The van der Waals surface area contributed by atoms with Gasteiger partial charge in [0.2, 0.25) is 0 Å². The molecule has 120 valence electrons. The van der Waals surface area contributed by atoms with Crippen molar-refractivity contribution in [2.45, 2.75) is 38.9 Å². The van der Waals surface area contributed by atoms with E-state index in [0.29, 0.717) is 5.47 Å². The monoisotopic (exact) mass is 310 g/mol. The van der Waals surface area contributed by atoms with E-state index in [4.69, 9.17) is 20.8 Å². The summed E-state index contributed by atoms with van der Waals surface area (Å²) in [6, 6.07) is 1.84. The van der Waals surface area contributed by atoms with E-state index in [2.05, 4.69) is 0 Å². The molecule has 0 aliphatic carbocycles. The molecule has 0 saturated carbocycles. The Morgan fingerprint density at radius 2 is 1.73 bits per heavy atom. The van der Waals surface area contributed by atoms with Crippen LogP contribution in [-0.4, -0.2) is 24.9 Å². The minimum Gasteiger partial charge on any atom is -0.400 e. The van der Waals surface area contributed by atoms with Crippen molar-refractivity contribution >= 4 is 18.9 Å². The summed E-state index contributed by atoms with van der Waals surface area (Å²) >= 11 is 0. The van der Waals surface area contributed by atoms with Crippen LogP contribution in [0.1, 0.15) is 33.3 Å². The minimum absolute atomic E-state index is 0.0000302. The molecule has 0 bridgehead atoms. The summed E-state index contributed by atoms with van der Waals surface area (Å²) in [5, 5.41) is 0. The maximum atomic E-state index is 13.9. The smallest absolute Gasteiger partial charge is 0.400 e. The third kappa shape index (κ3) is 3.02. The molecule has 0 aromatic heterocycles. The molecule has 0 radical (unpaired) electrons. The Balaban J connectivity index is 2.38. The van der Waals surface area contributed by atoms with Gasteiger partial charge in [0.1, 0.15) is 11.6 Å². The third-order valence-electron chi connectivity index (χ3n) is 4.25. The normalized spacial score (nSPS) is 20.5. The molecule has 0 unspecified atom stereocenters. The van der Waals surface area contributed by atoms with Gasteiger partial charge < -0.3 is 20.8 Å². The summed E-state index contributed by atoms with van der Waals surface area (Å²) in [7, 11) is -0.696. The molecule has 0 atom stereocenters. The van der Waals surface area contributed by atoms with E-state index in [-0.39, 0.29) is 17.8 Å². The van der Waals surface area contributed by atoms with E-state index in [1.165, 1.54) is 6.08 Å². The minimum atomic E-state index is -0.750. The Hall–Kier alpha value is -1.44. The summed E-state index contributed by atoms with van der Waals surface area (Å²) in [6.45, 7) is 7.75. The Morgan fingerprint density at radius 1 is 1.18 bits per heavy atom. The van der Waals surface area contributed by atoms with Gasteiger partial charge in [-0.25, -0.2) is 8.78 Å². The molecular weight excluding hydrogens is 289 g/mol. The molecule has 1 aromatic carbocycles. The van der Waals surface area contributed by atoms with Crippen LogP contribution < -0.4 is 11.5 Å². The van der Waals surface area contributed by atoms with E-state index in [1.807, 2.05) is 27.7 Å². The van der Waals surface area contributed by atoms with Gasteiger partial charge >= 0.3 is 7.12 Å². The van der Waals surface area contributed by atoms with Gasteiger partial charge in [0.05, 0.1) is 11.2 Å². The number of hydrogen-bond donors (Lipinski definition) is 2. The standard InChI is InChI=1S/C15H21BF2N2O2/c1-14(2)15(3,4)22-16(21-14)9(8-19)5-11-12(18)6-10(17)7-13(11)20/h5-7H,8,19-20H2,1-4H3. The van der Waals surface area contributed by atoms with Crippen molar-refractivity contribution in [3.63, 3.8) is 0 Å². The molecule has 1 heterocycles. The number of anilines is 1. The fraction of sp³-hybridized carbons (Fsp3) is 0.467. The Labute approximate surface area is 129 Å². The fourth-order valence-electron chi connectivity index (χ4n) is 2.16. The van der Waals surface area contributed by atoms with Gasteiger partial charge in [-0.3, -0.25) is 0 Å². The number of hydrogen-bond acceptors (Lipinski definition) is 4. The van der Waals surface area contributed by atoms with Gasteiger partial charge in [0.15, 0.2) is 0 Å². The van der Waals surface area contributed by atoms with Crippen molar-refractivity contribution in [2.24, 2.45) is 5.73 Å². The van der Waals surface area contributed by atoms with Crippen LogP contribution in [-0.2, 0) is 9.31 Å². The zero-order chi connectivity index (χ0) is 16.7. The molecule has 0 spiro atoms. The van der Waals surface area contributed by atoms with Gasteiger partial charge in [0, 0.05) is 23.9 Å². The van der Waals surface area contributed by atoms with Gasteiger partial charge in [-0.05, 0) is 39.2 Å². The van der Waals surface area contributed by atoms with E-state index >= 15 is 0 Å². The average Bonchev–Trinajstić information content (AvgIpc) is 2.57. The van der Waals surface area contributed by atoms with Crippen LogP contribution in [0.2, 0.25) is 0 Å². The van der Waals surface area contributed by atoms with Crippen molar-refractivity contribution in [1.29, 1.82) is 0 Å². The zero-order valence-corrected chi connectivity index (χ0v) is 13.2. The second kappa shape index (κ2) is 5.64. The lowest BCUT2D eigenvalue weighted by atomic mass is 9.77. The molecule has 1 aliphatic heterocycles. The van der Waals surface area contributed by atoms with Crippen molar-refractivity contribution in [3.05, 3.63) is 34.8 Å². The number of benzene rings is 1. The summed E-state index contributed by atoms with van der Waals surface area (Å²) in [4.78, 5) is 0. The molecule has 2 rings (SSSR count). The fourth-order valence-corrected chi connectivity index (χ4v) is 2.16. The van der Waals surface area contributed by atoms with Crippen molar-refractivity contribution in [3.8, 4) is 0 Å². The molecule has 0 amide bonds. The molecule has 7 heteroatoms. The molecule has 1 aliphatic rings. The van der Waals surface area contributed by atoms with Crippen LogP contribution in [0.4, 0.5) is 14.5 Å². The van der Waals surface area contributed by atoms with Crippen LogP contribution in [0.15, 0.2) is 17.6 Å². The maximum absolute atomic E-state index is 13.9. The quantitative estimate of drug-likeness (QED) is 0.665. The van der Waals surface area contributed by atoms with E-state index in [0.717, 1.165) is 12.1 Å². The van der Waals surface area contributed by atoms with Crippen LogP contribution in [0.5, 0.6) is 0 Å². The highest BCUT2D eigenvalue weighted by molar-refractivity contribution is 6.56. The van der Waals surface area contributed by atoms with E-state index < -0.39 is 30.0 Å². The number of nitrogen functional groups attached to an aromatic ring is 1. The van der Waals surface area contributed by atoms with Gasteiger partial charge in [-0.1, -0.05) is 6.08 Å². The summed E-state index contributed by atoms with van der Waals surface area (Å²) in [5.74, 6) is -1.47. The predicted molar refractivity (Wildman–Crippen MR) is 83.9 cm³/mol. The first-order valence-corrected chi connectivity index (χ1v) is 7.08. The Morgan fingerprint density at radius 3 is 2.18 bits per heavy atom. The van der Waals surface area contributed by atoms with Crippen LogP contribution in [0.3, 0.4) is 0 Å². The summed E-state index contributed by atoms with van der Waals surface area (Å²) in [5.41, 5.74) is 11.0. The molecule has 22 heavy (non-hydrogen) atoms. The van der Waals surface area contributed by atoms with Gasteiger partial charge in [-0.2, -0.15) is 0 Å². The van der Waals surface area contributed by atoms with Crippen LogP contribution in [0, 0.1) is 11.6 Å². The molecule has 4 nitrogen and oxygen atoms in total. The number of halogens is 2. The second-order valence-electron chi connectivity index (χ2n) is 6.40. The summed E-state index contributed by atoms with van der Waals surface area (Å²) < 4.78 is 38.8. The molecular formula is C15H21BF2N2O2. The van der Waals surface area contributed by atoms with Crippen LogP contribution >= 0.6 is 0 Å². The van der Waals surface area contributed by atoms with Crippen LogP contribution in [0.25, 0.3) is 6.08 Å². The lowest BCUT2D eigenvalue weighted by molar-refractivity contribution is 0.00578. The first-order chi connectivity index (χ1) is 10.1. The zero-order valence-electron chi connectivity index (χ0n) is 13.2. The first kappa shape index (κ1) is 16.9. The van der Waals surface area contributed by atoms with Crippen molar-refractivity contribution in [2.75, 3.05) is 12.3 Å². The van der Waals surface area contributed by atoms with Crippen molar-refractivity contribution in [1.82, 2.24) is 0 Å². The maximum Gasteiger partial charge on any atom is 0.491 e. The second-order valence-corrected chi connectivity index (χ2v) is 6.40. The largest absolute Gasteiger partial charge is 0.491 e. The van der Waals surface area contributed by atoms with Gasteiger partial charge in [0.25, 0.3) is 0 Å². The molecule has 4 N–H and O–H groups in total. The lowest BCUT2D eigenvalue weighted by Crippen LogP contribution is -2.41. The van der Waals surface area contributed by atoms with E-state index in [1.54, 1.807) is 0 Å². The Kier molecular flexibility index (Phi) is 4.34. The lowest BCUT2D eigenvalue weighted by Gasteiger charge is -2.32. The SMILES string of the molecule is CC1(C)OB(C(=Cc2c(N)cc(F)cc2F)CN)OC1(C)C.